The van der Waals surface area contributed by atoms with Crippen LogP contribution in [-0.4, -0.2) is 26.6 Å². The molecule has 0 fully saturated rings. The van der Waals surface area contributed by atoms with Crippen LogP contribution in [0, 0.1) is 15.5 Å². The maximum absolute atomic E-state index is 13.2. The first-order valence-electron chi connectivity index (χ1n) is 9.76. The Kier molecular flexibility index (Phi) is 4.68. The van der Waals surface area contributed by atoms with Gasteiger partial charge in [-0.15, -0.1) is 0 Å². The van der Waals surface area contributed by atoms with Crippen LogP contribution in [0.5, 0.6) is 0 Å². The number of carbonyl (C=O) groups excluding carboxylic acids is 2. The Balaban J connectivity index is 1.76. The van der Waals surface area contributed by atoms with Crippen LogP contribution in [-0.2, 0) is 11.3 Å². The SMILES string of the molecule is CC1(C)CC(=O)C(C2c3ccccc3C(=O)N2Cc2ccc([N+](=O)[O-])cc2)=C(O)C1. The zero-order valence-corrected chi connectivity index (χ0v) is 16.8. The smallest absolute Gasteiger partial charge is 0.269 e. The molecule has 0 spiro atoms. The Hall–Kier alpha value is -3.48. The second-order valence-electron chi connectivity index (χ2n) is 8.65. The first-order chi connectivity index (χ1) is 14.2. The van der Waals surface area contributed by atoms with Crippen LogP contribution in [0.1, 0.15) is 54.2 Å². The topological polar surface area (TPSA) is 101 Å². The third-order valence-corrected chi connectivity index (χ3v) is 5.73. The van der Waals surface area contributed by atoms with Gasteiger partial charge >= 0.3 is 0 Å². The maximum Gasteiger partial charge on any atom is 0.269 e. The van der Waals surface area contributed by atoms with Crippen molar-refractivity contribution in [2.75, 3.05) is 0 Å². The second kappa shape index (κ2) is 7.09. The standard InChI is InChI=1S/C23H22N2O5/c1-23(2)11-18(26)20(19(27)12-23)21-16-5-3-4-6-17(16)22(28)24(21)13-14-7-9-15(10-8-14)25(29)30/h3-10,21,26H,11-13H2,1-2H3. The lowest BCUT2D eigenvalue weighted by Gasteiger charge is -2.34. The number of nitro benzene ring substituents is 1. The number of benzene rings is 2. The Morgan fingerprint density at radius 2 is 1.77 bits per heavy atom. The first-order valence-corrected chi connectivity index (χ1v) is 9.76. The molecule has 7 heteroatoms. The van der Waals surface area contributed by atoms with Crippen molar-refractivity contribution < 1.29 is 19.6 Å². The molecule has 0 bridgehead atoms. The molecule has 1 heterocycles. The monoisotopic (exact) mass is 406 g/mol. The third kappa shape index (κ3) is 3.36. The molecule has 154 valence electrons. The molecular formula is C23H22N2O5. The van der Waals surface area contributed by atoms with E-state index in [0.717, 1.165) is 0 Å². The van der Waals surface area contributed by atoms with Crippen molar-refractivity contribution in [3.8, 4) is 0 Å². The van der Waals surface area contributed by atoms with Crippen molar-refractivity contribution in [2.45, 2.75) is 39.3 Å². The minimum Gasteiger partial charge on any atom is -0.512 e. The Morgan fingerprint density at radius 3 is 2.40 bits per heavy atom. The molecule has 4 rings (SSSR count). The number of fused-ring (bicyclic) bond motifs is 1. The van der Waals surface area contributed by atoms with Gasteiger partial charge in [0, 0.05) is 37.1 Å². The fourth-order valence-corrected chi connectivity index (χ4v) is 4.38. The Bertz CT molecular complexity index is 1090. The van der Waals surface area contributed by atoms with E-state index in [9.17, 15) is 24.8 Å². The average Bonchev–Trinajstić information content (AvgIpc) is 2.93. The molecule has 1 unspecified atom stereocenters. The lowest BCUT2D eigenvalue weighted by Crippen LogP contribution is -2.35. The molecule has 7 nitrogen and oxygen atoms in total. The van der Waals surface area contributed by atoms with Crippen LogP contribution in [0.25, 0.3) is 0 Å². The van der Waals surface area contributed by atoms with E-state index >= 15 is 0 Å². The fraction of sp³-hybridized carbons (Fsp3) is 0.304. The molecule has 1 aliphatic carbocycles. The summed E-state index contributed by atoms with van der Waals surface area (Å²) in [5.41, 5.74) is 1.80. The highest BCUT2D eigenvalue weighted by atomic mass is 16.6. The van der Waals surface area contributed by atoms with Crippen molar-refractivity contribution >= 4 is 17.4 Å². The number of Topliss-reactive ketones (excluding diaryl/α,β-unsaturated/α-hetero) is 1. The van der Waals surface area contributed by atoms with Gasteiger partial charge < -0.3 is 10.0 Å². The number of hydrogen-bond acceptors (Lipinski definition) is 5. The number of non-ortho nitro benzene ring substituents is 1. The molecule has 1 aliphatic heterocycles. The van der Waals surface area contributed by atoms with E-state index in [1.807, 2.05) is 19.9 Å². The molecular weight excluding hydrogens is 384 g/mol. The van der Waals surface area contributed by atoms with Crippen molar-refractivity contribution in [3.63, 3.8) is 0 Å². The van der Waals surface area contributed by atoms with E-state index in [0.29, 0.717) is 29.5 Å². The summed E-state index contributed by atoms with van der Waals surface area (Å²) in [4.78, 5) is 38.2. The lowest BCUT2D eigenvalue weighted by atomic mass is 9.74. The van der Waals surface area contributed by atoms with Gasteiger partial charge in [0.25, 0.3) is 11.6 Å². The molecule has 0 radical (unpaired) electrons. The van der Waals surface area contributed by atoms with E-state index < -0.39 is 11.0 Å². The molecule has 1 amide bonds. The van der Waals surface area contributed by atoms with Crippen molar-refractivity contribution in [2.24, 2.45) is 5.41 Å². The molecule has 0 saturated heterocycles. The number of aliphatic hydroxyl groups is 1. The van der Waals surface area contributed by atoms with Crippen molar-refractivity contribution in [1.29, 1.82) is 0 Å². The summed E-state index contributed by atoms with van der Waals surface area (Å²) >= 11 is 0. The highest BCUT2D eigenvalue weighted by Crippen LogP contribution is 2.46. The van der Waals surface area contributed by atoms with Crippen LogP contribution in [0.15, 0.2) is 59.9 Å². The zero-order chi connectivity index (χ0) is 21.6. The molecule has 30 heavy (non-hydrogen) atoms. The van der Waals surface area contributed by atoms with Gasteiger partial charge in [0.2, 0.25) is 0 Å². The Labute approximate surface area is 173 Å². The third-order valence-electron chi connectivity index (χ3n) is 5.73. The van der Waals surface area contributed by atoms with Gasteiger partial charge in [-0.2, -0.15) is 0 Å². The Morgan fingerprint density at radius 1 is 1.10 bits per heavy atom. The molecule has 2 aromatic carbocycles. The predicted octanol–water partition coefficient (Wildman–Crippen LogP) is 4.49. The zero-order valence-electron chi connectivity index (χ0n) is 16.8. The van der Waals surface area contributed by atoms with E-state index in [4.69, 9.17) is 0 Å². The van der Waals surface area contributed by atoms with E-state index in [-0.39, 0.29) is 40.7 Å². The minimum atomic E-state index is -0.674. The van der Waals surface area contributed by atoms with Crippen molar-refractivity contribution in [3.05, 3.63) is 86.7 Å². The van der Waals surface area contributed by atoms with Crippen LogP contribution >= 0.6 is 0 Å². The highest BCUT2D eigenvalue weighted by Gasteiger charge is 2.45. The van der Waals surface area contributed by atoms with Crippen LogP contribution in [0.2, 0.25) is 0 Å². The quantitative estimate of drug-likeness (QED) is 0.595. The number of ketones is 1. The molecule has 2 aromatic rings. The van der Waals surface area contributed by atoms with E-state index in [1.54, 1.807) is 35.2 Å². The normalized spacial score (nSPS) is 20.5. The summed E-state index contributed by atoms with van der Waals surface area (Å²) in [5, 5.41) is 21.7. The van der Waals surface area contributed by atoms with Crippen LogP contribution in [0.3, 0.4) is 0 Å². The largest absolute Gasteiger partial charge is 0.512 e. The minimum absolute atomic E-state index is 0.0273. The summed E-state index contributed by atoms with van der Waals surface area (Å²) in [5.74, 6) is -0.363. The lowest BCUT2D eigenvalue weighted by molar-refractivity contribution is -0.384. The number of allylic oxidation sites excluding steroid dienone is 1. The number of rotatable bonds is 4. The van der Waals surface area contributed by atoms with Crippen molar-refractivity contribution in [1.82, 2.24) is 4.90 Å². The maximum atomic E-state index is 13.2. The number of aliphatic hydroxyl groups excluding tert-OH is 1. The van der Waals surface area contributed by atoms with E-state index in [2.05, 4.69) is 0 Å². The van der Waals surface area contributed by atoms with Crippen LogP contribution < -0.4 is 0 Å². The predicted molar refractivity (Wildman–Crippen MR) is 110 cm³/mol. The number of hydrogen-bond donors (Lipinski definition) is 1. The summed E-state index contributed by atoms with van der Waals surface area (Å²) in [6.45, 7) is 4.03. The van der Waals surface area contributed by atoms with Gasteiger partial charge in [-0.05, 0) is 22.6 Å². The summed E-state index contributed by atoms with van der Waals surface area (Å²) in [7, 11) is 0. The molecule has 1 atom stereocenters. The average molecular weight is 406 g/mol. The fourth-order valence-electron chi connectivity index (χ4n) is 4.38. The second-order valence-corrected chi connectivity index (χ2v) is 8.65. The molecule has 0 saturated carbocycles. The summed E-state index contributed by atoms with van der Waals surface area (Å²) in [6.07, 6.45) is 0.664. The first kappa shape index (κ1) is 19.8. The van der Waals surface area contributed by atoms with Gasteiger partial charge in [-0.25, -0.2) is 0 Å². The van der Waals surface area contributed by atoms with Gasteiger partial charge in [-0.1, -0.05) is 44.2 Å². The highest BCUT2D eigenvalue weighted by molar-refractivity contribution is 6.05. The van der Waals surface area contributed by atoms with Gasteiger partial charge in [0.15, 0.2) is 5.78 Å². The van der Waals surface area contributed by atoms with Gasteiger partial charge in [0.05, 0.1) is 16.5 Å². The number of nitro groups is 1. The number of amides is 1. The van der Waals surface area contributed by atoms with E-state index in [1.165, 1.54) is 12.1 Å². The number of carbonyl (C=O) groups is 2. The molecule has 2 aliphatic rings. The van der Waals surface area contributed by atoms with Gasteiger partial charge in [0.1, 0.15) is 5.76 Å². The number of nitrogens with zero attached hydrogens (tertiary/aromatic N) is 2. The molecule has 1 N–H and O–H groups in total. The van der Waals surface area contributed by atoms with Gasteiger partial charge in [-0.3, -0.25) is 19.7 Å². The summed E-state index contributed by atoms with van der Waals surface area (Å²) in [6, 6.07) is 12.4. The van der Waals surface area contributed by atoms with Crippen LogP contribution in [0.4, 0.5) is 5.69 Å². The molecule has 0 aromatic heterocycles. The summed E-state index contributed by atoms with van der Waals surface area (Å²) < 4.78 is 0.